The Morgan fingerprint density at radius 3 is 2.59 bits per heavy atom. The molecule has 0 saturated carbocycles. The fourth-order valence-corrected chi connectivity index (χ4v) is 3.55. The highest BCUT2D eigenvalue weighted by Gasteiger charge is 2.21. The Labute approximate surface area is 170 Å². The molecule has 6 heteroatoms. The van der Waals surface area contributed by atoms with E-state index in [1.54, 1.807) is 32.5 Å². The van der Waals surface area contributed by atoms with Crippen LogP contribution in [0.3, 0.4) is 0 Å². The van der Waals surface area contributed by atoms with Crippen molar-refractivity contribution in [3.8, 4) is 11.5 Å². The Hall–Kier alpha value is -3.54. The summed E-state index contributed by atoms with van der Waals surface area (Å²) in [7, 11) is 3.19. The molecular weight excluding hydrogens is 366 g/mol. The van der Waals surface area contributed by atoms with Crippen LogP contribution in [-0.2, 0) is 13.0 Å². The smallest absolute Gasteiger partial charge is 0.254 e. The van der Waals surface area contributed by atoms with Crippen molar-refractivity contribution in [3.05, 3.63) is 77.5 Å². The quantitative estimate of drug-likeness (QED) is 0.713. The highest BCUT2D eigenvalue weighted by atomic mass is 16.5. The molecule has 2 heterocycles. The van der Waals surface area contributed by atoms with E-state index in [0.717, 1.165) is 18.7 Å². The van der Waals surface area contributed by atoms with E-state index in [1.165, 1.54) is 11.1 Å². The minimum Gasteiger partial charge on any atom is -0.493 e. The van der Waals surface area contributed by atoms with E-state index in [1.807, 2.05) is 35.2 Å². The molecule has 0 aliphatic carbocycles. The van der Waals surface area contributed by atoms with Crippen LogP contribution in [0.1, 0.15) is 21.5 Å². The third kappa shape index (κ3) is 4.01. The fourth-order valence-electron chi connectivity index (χ4n) is 3.55. The normalized spacial score (nSPS) is 12.8. The fraction of sp³-hybridized carbons (Fsp3) is 0.217. The number of pyridine rings is 1. The number of hydrogen-bond donors (Lipinski definition) is 1. The maximum Gasteiger partial charge on any atom is 0.254 e. The molecule has 0 fully saturated rings. The summed E-state index contributed by atoms with van der Waals surface area (Å²) in [5.74, 6) is 1.88. The molecule has 2 aromatic carbocycles. The molecule has 1 aliphatic heterocycles. The monoisotopic (exact) mass is 389 g/mol. The Bertz CT molecular complexity index is 1040. The van der Waals surface area contributed by atoms with Crippen LogP contribution in [0.2, 0.25) is 0 Å². The van der Waals surface area contributed by atoms with E-state index in [2.05, 4.69) is 22.4 Å². The van der Waals surface area contributed by atoms with Gasteiger partial charge in [-0.3, -0.25) is 4.79 Å². The third-order valence-corrected chi connectivity index (χ3v) is 5.08. The third-order valence-electron chi connectivity index (χ3n) is 5.08. The number of fused-ring (bicyclic) bond motifs is 1. The van der Waals surface area contributed by atoms with Crippen molar-refractivity contribution < 1.29 is 14.3 Å². The van der Waals surface area contributed by atoms with Gasteiger partial charge in [0.1, 0.15) is 5.82 Å². The summed E-state index contributed by atoms with van der Waals surface area (Å²) in [5.41, 5.74) is 3.95. The number of benzene rings is 2. The first-order valence-electron chi connectivity index (χ1n) is 9.49. The number of anilines is 2. The van der Waals surface area contributed by atoms with Gasteiger partial charge in [-0.1, -0.05) is 24.3 Å². The second kappa shape index (κ2) is 8.22. The Kier molecular flexibility index (Phi) is 5.33. The summed E-state index contributed by atoms with van der Waals surface area (Å²) in [6, 6.07) is 17.3. The van der Waals surface area contributed by atoms with Crippen molar-refractivity contribution in [1.82, 2.24) is 9.88 Å². The highest BCUT2D eigenvalue weighted by Crippen LogP contribution is 2.31. The van der Waals surface area contributed by atoms with Gasteiger partial charge in [0.2, 0.25) is 0 Å². The van der Waals surface area contributed by atoms with Crippen LogP contribution in [0, 0.1) is 0 Å². The molecule has 3 aromatic rings. The predicted molar refractivity (Wildman–Crippen MR) is 112 cm³/mol. The molecule has 0 atom stereocenters. The number of carbonyl (C=O) groups excluding carboxylic acids is 1. The number of hydrogen-bond acceptors (Lipinski definition) is 5. The molecule has 0 saturated heterocycles. The van der Waals surface area contributed by atoms with Gasteiger partial charge >= 0.3 is 0 Å². The lowest BCUT2D eigenvalue weighted by Gasteiger charge is -2.29. The lowest BCUT2D eigenvalue weighted by Crippen LogP contribution is -2.35. The molecular formula is C23H23N3O3. The van der Waals surface area contributed by atoms with E-state index in [9.17, 15) is 4.79 Å². The lowest BCUT2D eigenvalue weighted by molar-refractivity contribution is 0.0734. The first kappa shape index (κ1) is 18.8. The zero-order valence-corrected chi connectivity index (χ0v) is 16.5. The lowest BCUT2D eigenvalue weighted by atomic mass is 9.99. The van der Waals surface area contributed by atoms with Gasteiger partial charge in [0.05, 0.1) is 14.2 Å². The van der Waals surface area contributed by atoms with Crippen LogP contribution in [0.15, 0.2) is 60.8 Å². The predicted octanol–water partition coefficient (Wildman–Crippen LogP) is 4.04. The van der Waals surface area contributed by atoms with Crippen LogP contribution in [0.4, 0.5) is 11.5 Å². The molecule has 1 amide bonds. The minimum atomic E-state index is 0.0114. The van der Waals surface area contributed by atoms with E-state index < -0.39 is 0 Å². The SMILES string of the molecule is COc1ccc(Nc2cc(C(=O)N3CCc4ccccc4C3)ccn2)cc1OC. The van der Waals surface area contributed by atoms with Crippen molar-refractivity contribution in [2.24, 2.45) is 0 Å². The summed E-state index contributed by atoms with van der Waals surface area (Å²) in [6.07, 6.45) is 2.53. The molecule has 0 unspecified atom stereocenters. The van der Waals surface area contributed by atoms with E-state index in [0.29, 0.717) is 29.4 Å². The number of ether oxygens (including phenoxy) is 2. The Morgan fingerprint density at radius 1 is 1.00 bits per heavy atom. The van der Waals surface area contributed by atoms with Crippen molar-refractivity contribution in [3.63, 3.8) is 0 Å². The summed E-state index contributed by atoms with van der Waals surface area (Å²) >= 11 is 0. The minimum absolute atomic E-state index is 0.0114. The average molecular weight is 389 g/mol. The Balaban J connectivity index is 1.51. The van der Waals surface area contributed by atoms with Crippen molar-refractivity contribution in [1.29, 1.82) is 0 Å². The highest BCUT2D eigenvalue weighted by molar-refractivity contribution is 5.95. The van der Waals surface area contributed by atoms with Gasteiger partial charge in [-0.25, -0.2) is 4.98 Å². The van der Waals surface area contributed by atoms with Gasteiger partial charge < -0.3 is 19.7 Å². The number of amides is 1. The first-order chi connectivity index (χ1) is 14.2. The number of carbonyl (C=O) groups is 1. The number of methoxy groups -OCH3 is 2. The van der Waals surface area contributed by atoms with Crippen LogP contribution in [0.5, 0.6) is 11.5 Å². The second-order valence-corrected chi connectivity index (χ2v) is 6.87. The van der Waals surface area contributed by atoms with Gasteiger partial charge in [-0.15, -0.1) is 0 Å². The maximum absolute atomic E-state index is 13.0. The van der Waals surface area contributed by atoms with Gasteiger partial charge in [0.15, 0.2) is 11.5 Å². The van der Waals surface area contributed by atoms with E-state index in [4.69, 9.17) is 9.47 Å². The number of nitrogens with zero attached hydrogens (tertiary/aromatic N) is 2. The van der Waals surface area contributed by atoms with Crippen LogP contribution >= 0.6 is 0 Å². The molecule has 1 aromatic heterocycles. The summed E-state index contributed by atoms with van der Waals surface area (Å²) in [6.45, 7) is 1.35. The summed E-state index contributed by atoms with van der Waals surface area (Å²) < 4.78 is 10.6. The summed E-state index contributed by atoms with van der Waals surface area (Å²) in [4.78, 5) is 19.3. The van der Waals surface area contributed by atoms with Gasteiger partial charge in [-0.05, 0) is 41.8 Å². The zero-order chi connectivity index (χ0) is 20.2. The molecule has 0 spiro atoms. The van der Waals surface area contributed by atoms with Gasteiger partial charge in [-0.2, -0.15) is 0 Å². The van der Waals surface area contributed by atoms with Crippen molar-refractivity contribution >= 4 is 17.4 Å². The molecule has 6 nitrogen and oxygen atoms in total. The van der Waals surface area contributed by atoms with Crippen molar-refractivity contribution in [2.75, 3.05) is 26.1 Å². The Morgan fingerprint density at radius 2 is 1.79 bits per heavy atom. The number of nitrogens with one attached hydrogen (secondary N) is 1. The second-order valence-electron chi connectivity index (χ2n) is 6.87. The summed E-state index contributed by atoms with van der Waals surface area (Å²) in [5, 5.41) is 3.23. The molecule has 0 bridgehead atoms. The maximum atomic E-state index is 13.0. The van der Waals surface area contributed by atoms with E-state index >= 15 is 0 Å². The van der Waals surface area contributed by atoms with E-state index in [-0.39, 0.29) is 5.91 Å². The standard InChI is InChI=1S/C23H23N3O3/c1-28-20-8-7-19(14-21(20)29-2)25-22-13-17(9-11-24-22)23(27)26-12-10-16-5-3-4-6-18(16)15-26/h3-9,11,13-14H,10,12,15H2,1-2H3,(H,24,25). The molecule has 29 heavy (non-hydrogen) atoms. The zero-order valence-electron chi connectivity index (χ0n) is 16.5. The first-order valence-corrected chi connectivity index (χ1v) is 9.49. The average Bonchev–Trinajstić information content (AvgIpc) is 2.78. The largest absolute Gasteiger partial charge is 0.493 e. The number of rotatable bonds is 5. The van der Waals surface area contributed by atoms with Crippen LogP contribution in [0.25, 0.3) is 0 Å². The molecule has 1 N–H and O–H groups in total. The van der Waals surface area contributed by atoms with Crippen LogP contribution in [-0.4, -0.2) is 36.6 Å². The number of aromatic nitrogens is 1. The topological polar surface area (TPSA) is 63.7 Å². The molecule has 148 valence electrons. The molecule has 1 aliphatic rings. The van der Waals surface area contributed by atoms with Crippen LogP contribution < -0.4 is 14.8 Å². The van der Waals surface area contributed by atoms with Gasteiger partial charge in [0.25, 0.3) is 5.91 Å². The van der Waals surface area contributed by atoms with Gasteiger partial charge in [0, 0.05) is 36.6 Å². The van der Waals surface area contributed by atoms with Crippen molar-refractivity contribution in [2.45, 2.75) is 13.0 Å². The molecule has 4 rings (SSSR count). The molecule has 0 radical (unpaired) electrons.